The van der Waals surface area contributed by atoms with Gasteiger partial charge in [-0.15, -0.1) is 11.3 Å². The van der Waals surface area contributed by atoms with Gasteiger partial charge in [0.2, 0.25) is 0 Å². The van der Waals surface area contributed by atoms with Crippen molar-refractivity contribution in [2.75, 3.05) is 18.5 Å². The summed E-state index contributed by atoms with van der Waals surface area (Å²) in [6.45, 7) is 3.77. The van der Waals surface area contributed by atoms with Crippen molar-refractivity contribution in [3.8, 4) is 0 Å². The second-order valence-corrected chi connectivity index (χ2v) is 9.89. The molecule has 1 aliphatic heterocycles. The molecule has 1 aliphatic rings. The first-order valence-corrected chi connectivity index (χ1v) is 10.4. The summed E-state index contributed by atoms with van der Waals surface area (Å²) in [5.41, 5.74) is -1.54. The molecule has 152 valence electrons. The number of thiophene rings is 1. The summed E-state index contributed by atoms with van der Waals surface area (Å²) in [6, 6.07) is 5.43. The van der Waals surface area contributed by atoms with Crippen LogP contribution in [0.2, 0.25) is 0 Å². The number of hydrogen-bond acceptors (Lipinski definition) is 5. The van der Waals surface area contributed by atoms with E-state index in [1.165, 1.54) is 18.2 Å². The van der Waals surface area contributed by atoms with Crippen LogP contribution < -0.4 is 10.0 Å². The van der Waals surface area contributed by atoms with E-state index in [-0.39, 0.29) is 28.7 Å². The summed E-state index contributed by atoms with van der Waals surface area (Å²) < 4.78 is 71.0. The van der Waals surface area contributed by atoms with Crippen LogP contribution in [0.5, 0.6) is 0 Å². The maximum Gasteiger partial charge on any atom is 0.416 e. The van der Waals surface area contributed by atoms with Gasteiger partial charge in [0.25, 0.3) is 15.9 Å². The first-order valence-electron chi connectivity index (χ1n) is 8.10. The number of rotatable bonds is 5. The summed E-state index contributed by atoms with van der Waals surface area (Å²) >= 11 is 0.911. The van der Waals surface area contributed by atoms with E-state index < -0.39 is 33.2 Å². The summed E-state index contributed by atoms with van der Waals surface area (Å²) in [4.78, 5) is 12.9. The van der Waals surface area contributed by atoms with E-state index >= 15 is 0 Å². The van der Waals surface area contributed by atoms with Crippen LogP contribution in [0.15, 0.2) is 34.5 Å². The fraction of sp³-hybridized carbons (Fsp3) is 0.353. The van der Waals surface area contributed by atoms with Crippen LogP contribution >= 0.6 is 11.3 Å². The topological polar surface area (TPSA) is 84.5 Å². The highest BCUT2D eigenvalue weighted by Crippen LogP contribution is 2.32. The molecule has 0 bridgehead atoms. The van der Waals surface area contributed by atoms with Gasteiger partial charge in [-0.05, 0) is 38.1 Å². The van der Waals surface area contributed by atoms with E-state index in [1.807, 2.05) is 0 Å². The lowest BCUT2D eigenvalue weighted by molar-refractivity contribution is -0.137. The average molecular weight is 434 g/mol. The van der Waals surface area contributed by atoms with Crippen LogP contribution in [0, 0.1) is 6.92 Å². The SMILES string of the molecule is Cc1sc(S(=O)(=O)NC2(C)COC2)cc1C(=O)Nc1cccc(C(F)(F)F)c1. The van der Waals surface area contributed by atoms with E-state index in [4.69, 9.17) is 4.74 Å². The smallest absolute Gasteiger partial charge is 0.377 e. The molecular formula is C17H17F3N2O4S2. The third-order valence-corrected chi connectivity index (χ3v) is 7.24. The zero-order valence-electron chi connectivity index (χ0n) is 14.9. The number of carbonyl (C=O) groups excluding carboxylic acids is 1. The van der Waals surface area contributed by atoms with Gasteiger partial charge in [-0.2, -0.15) is 17.9 Å². The maximum absolute atomic E-state index is 12.8. The fourth-order valence-corrected chi connectivity index (χ4v) is 5.45. The van der Waals surface area contributed by atoms with Crippen molar-refractivity contribution in [2.45, 2.75) is 29.8 Å². The molecule has 3 rings (SSSR count). The molecule has 1 saturated heterocycles. The van der Waals surface area contributed by atoms with Crippen molar-refractivity contribution in [1.82, 2.24) is 4.72 Å². The highest BCUT2D eigenvalue weighted by atomic mass is 32.2. The Morgan fingerprint density at radius 1 is 1.25 bits per heavy atom. The van der Waals surface area contributed by atoms with Crippen molar-refractivity contribution < 1.29 is 31.1 Å². The molecular weight excluding hydrogens is 417 g/mol. The number of aryl methyl sites for hydroxylation is 1. The molecule has 28 heavy (non-hydrogen) atoms. The molecule has 1 fully saturated rings. The Labute approximate surface area is 163 Å². The summed E-state index contributed by atoms with van der Waals surface area (Å²) in [5.74, 6) is -0.687. The van der Waals surface area contributed by atoms with Gasteiger partial charge < -0.3 is 10.1 Å². The molecule has 2 heterocycles. The molecule has 0 spiro atoms. The Kier molecular flexibility index (Phi) is 5.30. The molecule has 11 heteroatoms. The number of anilines is 1. The van der Waals surface area contributed by atoms with Crippen LogP contribution in [-0.4, -0.2) is 33.1 Å². The number of halogens is 3. The monoisotopic (exact) mass is 434 g/mol. The minimum atomic E-state index is -4.53. The quantitative estimate of drug-likeness (QED) is 0.756. The second-order valence-electron chi connectivity index (χ2n) is 6.73. The fourth-order valence-electron chi connectivity index (χ4n) is 2.63. The summed E-state index contributed by atoms with van der Waals surface area (Å²) in [6.07, 6.45) is -4.53. The van der Waals surface area contributed by atoms with E-state index in [9.17, 15) is 26.4 Å². The molecule has 0 unspecified atom stereocenters. The van der Waals surface area contributed by atoms with Crippen molar-refractivity contribution in [3.63, 3.8) is 0 Å². The number of hydrogen-bond donors (Lipinski definition) is 2. The molecule has 1 aromatic heterocycles. The minimum absolute atomic E-state index is 0.0351. The van der Waals surface area contributed by atoms with Crippen molar-refractivity contribution in [1.29, 1.82) is 0 Å². The van der Waals surface area contributed by atoms with Crippen LogP contribution in [0.3, 0.4) is 0 Å². The lowest BCUT2D eigenvalue weighted by Gasteiger charge is -2.37. The Morgan fingerprint density at radius 2 is 1.93 bits per heavy atom. The highest BCUT2D eigenvalue weighted by Gasteiger charge is 2.38. The van der Waals surface area contributed by atoms with Gasteiger partial charge in [0.05, 0.1) is 29.9 Å². The van der Waals surface area contributed by atoms with Crippen LogP contribution in [0.1, 0.15) is 27.7 Å². The number of benzene rings is 1. The maximum atomic E-state index is 12.8. The van der Waals surface area contributed by atoms with Gasteiger partial charge in [-0.25, -0.2) is 8.42 Å². The zero-order valence-corrected chi connectivity index (χ0v) is 16.5. The first-order chi connectivity index (χ1) is 12.9. The predicted molar refractivity (Wildman–Crippen MR) is 98.0 cm³/mol. The molecule has 6 nitrogen and oxygen atoms in total. The van der Waals surface area contributed by atoms with E-state index in [1.54, 1.807) is 13.8 Å². The van der Waals surface area contributed by atoms with Crippen LogP contribution in [-0.2, 0) is 20.9 Å². The Morgan fingerprint density at radius 3 is 2.50 bits per heavy atom. The number of ether oxygens (including phenoxy) is 1. The average Bonchev–Trinajstić information content (AvgIpc) is 2.95. The second kappa shape index (κ2) is 7.14. The Bertz CT molecular complexity index is 1010. The summed E-state index contributed by atoms with van der Waals surface area (Å²) in [7, 11) is -3.85. The van der Waals surface area contributed by atoms with E-state index in [0.29, 0.717) is 4.88 Å². The van der Waals surface area contributed by atoms with Crippen molar-refractivity contribution >= 4 is 33.0 Å². The summed E-state index contributed by atoms with van der Waals surface area (Å²) in [5, 5.41) is 2.38. The molecule has 1 aromatic carbocycles. The lowest BCUT2D eigenvalue weighted by Crippen LogP contribution is -2.59. The number of carbonyl (C=O) groups is 1. The predicted octanol–water partition coefficient (Wildman–Crippen LogP) is 3.39. The largest absolute Gasteiger partial charge is 0.416 e. The molecule has 0 saturated carbocycles. The van der Waals surface area contributed by atoms with Gasteiger partial charge in [0, 0.05) is 10.6 Å². The van der Waals surface area contributed by atoms with Gasteiger partial charge in [0.15, 0.2) is 0 Å². The molecule has 2 aromatic rings. The third kappa shape index (κ3) is 4.37. The number of nitrogens with one attached hydrogen (secondary N) is 2. The van der Waals surface area contributed by atoms with Gasteiger partial charge in [0.1, 0.15) is 4.21 Å². The van der Waals surface area contributed by atoms with Crippen LogP contribution in [0.4, 0.5) is 18.9 Å². The normalized spacial score (nSPS) is 16.5. The van der Waals surface area contributed by atoms with Crippen molar-refractivity contribution in [3.05, 3.63) is 46.3 Å². The molecule has 2 N–H and O–H groups in total. The third-order valence-electron chi connectivity index (χ3n) is 4.07. The zero-order chi connectivity index (χ0) is 20.7. The van der Waals surface area contributed by atoms with E-state index in [2.05, 4.69) is 10.0 Å². The minimum Gasteiger partial charge on any atom is -0.377 e. The first kappa shape index (κ1) is 20.8. The lowest BCUT2D eigenvalue weighted by atomic mass is 10.0. The highest BCUT2D eigenvalue weighted by molar-refractivity contribution is 7.91. The number of sulfonamides is 1. The Hall–Kier alpha value is -1.95. The molecule has 0 atom stereocenters. The van der Waals surface area contributed by atoms with Crippen molar-refractivity contribution in [2.24, 2.45) is 0 Å². The van der Waals surface area contributed by atoms with Gasteiger partial charge >= 0.3 is 6.18 Å². The van der Waals surface area contributed by atoms with Crippen LogP contribution in [0.25, 0.3) is 0 Å². The molecule has 1 amide bonds. The number of alkyl halides is 3. The molecule has 0 aliphatic carbocycles. The number of amides is 1. The van der Waals surface area contributed by atoms with E-state index in [0.717, 1.165) is 23.5 Å². The van der Waals surface area contributed by atoms with Gasteiger partial charge in [-0.1, -0.05) is 6.07 Å². The Balaban J connectivity index is 1.80. The standard InChI is InChI=1S/C17H17F3N2O4S2/c1-10-13(7-14(27-10)28(24,25)22-16(2)8-26-9-16)15(23)21-12-5-3-4-11(6-12)17(18,19)20/h3-7,22H,8-9H2,1-2H3,(H,21,23). The van der Waals surface area contributed by atoms with Gasteiger partial charge in [-0.3, -0.25) is 4.79 Å². The molecule has 0 radical (unpaired) electrons.